The van der Waals surface area contributed by atoms with Crippen LogP contribution in [0.5, 0.6) is 0 Å². The standard InChI is InChI=1S/C17H35N/c1-2-3-4-5-6-7-8-9-10-11-12-13-14-15-16-17-18/h8-9H,2-7,10-18H2,1H3. The summed E-state index contributed by atoms with van der Waals surface area (Å²) in [5.41, 5.74) is 5.47. The summed E-state index contributed by atoms with van der Waals surface area (Å²) < 4.78 is 0. The van der Waals surface area contributed by atoms with Gasteiger partial charge in [0, 0.05) is 0 Å². The first-order chi connectivity index (χ1) is 8.91. The van der Waals surface area contributed by atoms with Gasteiger partial charge in [0.25, 0.3) is 0 Å². The summed E-state index contributed by atoms with van der Waals surface area (Å²) in [7, 11) is 0. The van der Waals surface area contributed by atoms with Crippen molar-refractivity contribution in [3.8, 4) is 0 Å². The van der Waals surface area contributed by atoms with Gasteiger partial charge in [0.05, 0.1) is 0 Å². The van der Waals surface area contributed by atoms with Crippen LogP contribution in [0, 0.1) is 0 Å². The van der Waals surface area contributed by atoms with Gasteiger partial charge in [-0.3, -0.25) is 0 Å². The van der Waals surface area contributed by atoms with Crippen LogP contribution in [0.15, 0.2) is 12.2 Å². The van der Waals surface area contributed by atoms with Gasteiger partial charge >= 0.3 is 0 Å². The summed E-state index contributed by atoms with van der Waals surface area (Å²) in [6.07, 6.45) is 22.4. The van der Waals surface area contributed by atoms with E-state index in [0.717, 1.165) is 6.54 Å². The van der Waals surface area contributed by atoms with Crippen molar-refractivity contribution in [2.45, 2.75) is 90.4 Å². The molecule has 0 bridgehead atoms. The predicted octanol–water partition coefficient (Wildman–Crippen LogP) is 5.59. The molecule has 0 atom stereocenters. The second kappa shape index (κ2) is 16.7. The quantitative estimate of drug-likeness (QED) is 0.317. The van der Waals surface area contributed by atoms with Gasteiger partial charge < -0.3 is 5.73 Å². The molecule has 0 aromatic heterocycles. The van der Waals surface area contributed by atoms with Gasteiger partial charge in [0.1, 0.15) is 0 Å². The van der Waals surface area contributed by atoms with E-state index in [1.54, 1.807) is 0 Å². The first-order valence-electron chi connectivity index (χ1n) is 8.27. The fraction of sp³-hybridized carbons (Fsp3) is 0.882. The Bertz CT molecular complexity index is 163. The average Bonchev–Trinajstić information content (AvgIpc) is 2.39. The van der Waals surface area contributed by atoms with Gasteiger partial charge in [-0.15, -0.1) is 0 Å². The lowest BCUT2D eigenvalue weighted by molar-refractivity contribution is 0.600. The molecule has 18 heavy (non-hydrogen) atoms. The van der Waals surface area contributed by atoms with Crippen LogP contribution in [-0.4, -0.2) is 6.54 Å². The third-order valence-electron chi connectivity index (χ3n) is 3.47. The third kappa shape index (κ3) is 15.7. The molecule has 0 saturated heterocycles. The Labute approximate surface area is 115 Å². The zero-order chi connectivity index (χ0) is 13.3. The highest BCUT2D eigenvalue weighted by Gasteiger charge is 1.89. The van der Waals surface area contributed by atoms with Crippen LogP contribution in [0.1, 0.15) is 90.4 Å². The number of hydrogen-bond donors (Lipinski definition) is 1. The molecule has 0 aliphatic rings. The summed E-state index contributed by atoms with van der Waals surface area (Å²) in [6.45, 7) is 3.14. The van der Waals surface area contributed by atoms with Crippen molar-refractivity contribution in [1.82, 2.24) is 0 Å². The van der Waals surface area contributed by atoms with Crippen molar-refractivity contribution < 1.29 is 0 Å². The van der Waals surface area contributed by atoms with Crippen LogP contribution in [0.3, 0.4) is 0 Å². The molecular weight excluding hydrogens is 218 g/mol. The van der Waals surface area contributed by atoms with Crippen molar-refractivity contribution in [3.05, 3.63) is 12.2 Å². The molecule has 0 rings (SSSR count). The van der Waals surface area contributed by atoms with Gasteiger partial charge in [0.15, 0.2) is 0 Å². The minimum absolute atomic E-state index is 0.862. The number of allylic oxidation sites excluding steroid dienone is 2. The highest BCUT2D eigenvalue weighted by atomic mass is 14.5. The zero-order valence-electron chi connectivity index (χ0n) is 12.6. The summed E-state index contributed by atoms with van der Waals surface area (Å²) in [4.78, 5) is 0. The highest BCUT2D eigenvalue weighted by Crippen LogP contribution is 2.08. The molecule has 0 unspecified atom stereocenters. The molecule has 0 radical (unpaired) electrons. The van der Waals surface area contributed by atoms with E-state index >= 15 is 0 Å². The molecule has 0 aliphatic carbocycles. The molecule has 108 valence electrons. The van der Waals surface area contributed by atoms with Gasteiger partial charge in [0.2, 0.25) is 0 Å². The SMILES string of the molecule is CCCCCCCC=CCCCCCCCCN. The average molecular weight is 253 g/mol. The van der Waals surface area contributed by atoms with Gasteiger partial charge in [-0.2, -0.15) is 0 Å². The minimum Gasteiger partial charge on any atom is -0.330 e. The maximum Gasteiger partial charge on any atom is -0.00773 e. The van der Waals surface area contributed by atoms with Crippen LogP contribution in [0.25, 0.3) is 0 Å². The molecular formula is C17H35N. The van der Waals surface area contributed by atoms with Crippen molar-refractivity contribution in [3.63, 3.8) is 0 Å². The lowest BCUT2D eigenvalue weighted by atomic mass is 10.1. The Morgan fingerprint density at radius 2 is 1.06 bits per heavy atom. The van der Waals surface area contributed by atoms with E-state index in [-0.39, 0.29) is 0 Å². The number of hydrogen-bond acceptors (Lipinski definition) is 1. The summed E-state index contributed by atoms with van der Waals surface area (Å²) in [6, 6.07) is 0. The summed E-state index contributed by atoms with van der Waals surface area (Å²) in [5, 5.41) is 0. The Hall–Kier alpha value is -0.300. The monoisotopic (exact) mass is 253 g/mol. The van der Waals surface area contributed by atoms with Gasteiger partial charge in [-0.1, -0.05) is 70.4 Å². The topological polar surface area (TPSA) is 26.0 Å². The maximum absolute atomic E-state index is 5.47. The van der Waals surface area contributed by atoms with E-state index in [4.69, 9.17) is 5.73 Å². The second-order valence-corrected chi connectivity index (χ2v) is 5.37. The zero-order valence-corrected chi connectivity index (χ0v) is 12.6. The van der Waals surface area contributed by atoms with Crippen LogP contribution in [-0.2, 0) is 0 Å². The second-order valence-electron chi connectivity index (χ2n) is 5.37. The Kier molecular flexibility index (Phi) is 16.4. The molecule has 0 spiro atoms. The molecule has 0 amide bonds. The lowest BCUT2D eigenvalue weighted by Crippen LogP contribution is -1.97. The highest BCUT2D eigenvalue weighted by molar-refractivity contribution is 4.81. The van der Waals surface area contributed by atoms with Crippen LogP contribution in [0.2, 0.25) is 0 Å². The molecule has 1 nitrogen and oxygen atoms in total. The van der Waals surface area contributed by atoms with Crippen LogP contribution < -0.4 is 5.73 Å². The Balaban J connectivity index is 3.00. The van der Waals surface area contributed by atoms with Crippen LogP contribution in [0.4, 0.5) is 0 Å². The van der Waals surface area contributed by atoms with E-state index in [1.165, 1.54) is 83.5 Å². The summed E-state index contributed by atoms with van der Waals surface area (Å²) in [5.74, 6) is 0. The Morgan fingerprint density at radius 3 is 1.56 bits per heavy atom. The molecule has 2 N–H and O–H groups in total. The summed E-state index contributed by atoms with van der Waals surface area (Å²) >= 11 is 0. The van der Waals surface area contributed by atoms with Gasteiger partial charge in [-0.25, -0.2) is 0 Å². The van der Waals surface area contributed by atoms with E-state index in [2.05, 4.69) is 19.1 Å². The Morgan fingerprint density at radius 1 is 0.611 bits per heavy atom. The van der Waals surface area contributed by atoms with Gasteiger partial charge in [-0.05, 0) is 38.6 Å². The fourth-order valence-electron chi connectivity index (χ4n) is 2.22. The molecule has 0 heterocycles. The first-order valence-corrected chi connectivity index (χ1v) is 8.27. The largest absolute Gasteiger partial charge is 0.330 e. The maximum atomic E-state index is 5.47. The van der Waals surface area contributed by atoms with E-state index in [0.29, 0.717) is 0 Å². The van der Waals surface area contributed by atoms with Crippen molar-refractivity contribution in [2.75, 3.05) is 6.54 Å². The number of rotatable bonds is 14. The number of nitrogens with two attached hydrogens (primary N) is 1. The smallest absolute Gasteiger partial charge is 0.00773 e. The third-order valence-corrected chi connectivity index (χ3v) is 3.47. The molecule has 0 aromatic rings. The molecule has 1 heteroatoms. The lowest BCUT2D eigenvalue weighted by Gasteiger charge is -1.99. The number of unbranched alkanes of at least 4 members (excludes halogenated alkanes) is 11. The minimum atomic E-state index is 0.862. The van der Waals surface area contributed by atoms with E-state index in [9.17, 15) is 0 Å². The van der Waals surface area contributed by atoms with Crippen molar-refractivity contribution in [2.24, 2.45) is 5.73 Å². The van der Waals surface area contributed by atoms with E-state index in [1.807, 2.05) is 0 Å². The first kappa shape index (κ1) is 17.7. The molecule has 0 fully saturated rings. The molecule has 0 aromatic carbocycles. The van der Waals surface area contributed by atoms with E-state index < -0.39 is 0 Å². The van der Waals surface area contributed by atoms with Crippen LogP contribution >= 0.6 is 0 Å². The molecule has 0 saturated carbocycles. The van der Waals surface area contributed by atoms with Crippen molar-refractivity contribution in [1.29, 1.82) is 0 Å². The molecule has 0 aliphatic heterocycles. The fourth-order valence-corrected chi connectivity index (χ4v) is 2.22. The normalized spacial score (nSPS) is 11.4. The predicted molar refractivity (Wildman–Crippen MR) is 83.9 cm³/mol. The van der Waals surface area contributed by atoms with Crippen molar-refractivity contribution >= 4 is 0 Å².